The molecular formula is C31H33F9N6O8S3Y-2. The minimum absolute atomic E-state index is 0. The van der Waals surface area contributed by atoms with Crippen LogP contribution in [0.25, 0.3) is 10.8 Å². The van der Waals surface area contributed by atoms with Gasteiger partial charge in [0.25, 0.3) is 29.1 Å². The molecule has 14 nitrogen and oxygen atoms in total. The van der Waals surface area contributed by atoms with E-state index in [-0.39, 0.29) is 55.8 Å². The topological polar surface area (TPSA) is 224 Å². The molecule has 4 heterocycles. The van der Waals surface area contributed by atoms with Crippen molar-refractivity contribution in [1.82, 2.24) is 26.5 Å². The van der Waals surface area contributed by atoms with Gasteiger partial charge in [-0.05, 0) is 43.4 Å². The maximum Gasteiger partial charge on any atom is 0.455 e. The van der Waals surface area contributed by atoms with Crippen molar-refractivity contribution in [2.24, 2.45) is 5.84 Å². The van der Waals surface area contributed by atoms with Gasteiger partial charge in [0.15, 0.2) is 0 Å². The zero-order chi connectivity index (χ0) is 44.2. The number of carboxylic acids is 1. The van der Waals surface area contributed by atoms with Gasteiger partial charge in [-0.1, -0.05) is 7.43 Å². The molecule has 1 radical (unpaired) electrons. The van der Waals surface area contributed by atoms with E-state index in [1.54, 1.807) is 20.9 Å². The number of alkyl halides is 9. The van der Waals surface area contributed by atoms with Crippen LogP contribution in [0.4, 0.5) is 39.5 Å². The van der Waals surface area contributed by atoms with E-state index in [2.05, 4.69) is 41.5 Å². The second kappa shape index (κ2) is 28.3. The minimum Gasteiger partial charge on any atom is -0.521 e. The number of hydrogen-bond donors (Lipinski definition) is 5. The van der Waals surface area contributed by atoms with Crippen LogP contribution in [0.2, 0.25) is 0 Å². The molecular weight excluding hydrogens is 940 g/mol. The van der Waals surface area contributed by atoms with Gasteiger partial charge in [-0.15, -0.1) is 44.2 Å². The monoisotopic (exact) mass is 973 g/mol. The number of aryl methyl sites for hydroxylation is 1. The fourth-order valence-electron chi connectivity index (χ4n) is 2.75. The van der Waals surface area contributed by atoms with Crippen LogP contribution in [0.15, 0.2) is 47.4 Å². The molecule has 0 saturated carbocycles. The number of carbonyl (C=O) groups is 6. The van der Waals surface area contributed by atoms with E-state index in [0.717, 1.165) is 37.3 Å². The summed E-state index contributed by atoms with van der Waals surface area (Å²) < 4.78 is 113. The number of hydrogen-bond acceptors (Lipinski definition) is 14. The first kappa shape index (κ1) is 60.5. The molecule has 4 aromatic heterocycles. The average Bonchev–Trinajstić information content (AvgIpc) is 3.95. The van der Waals surface area contributed by atoms with Gasteiger partial charge in [-0.3, -0.25) is 52.7 Å². The Kier molecular flexibility index (Phi) is 29.5. The van der Waals surface area contributed by atoms with Crippen molar-refractivity contribution < 1.29 is 111 Å². The summed E-state index contributed by atoms with van der Waals surface area (Å²) in [5, 5.41) is 15.6. The summed E-state index contributed by atoms with van der Waals surface area (Å²) in [5.74, 6) is -3.57. The maximum atomic E-state index is 12.2. The van der Waals surface area contributed by atoms with E-state index < -0.39 is 68.3 Å². The van der Waals surface area contributed by atoms with Crippen LogP contribution >= 0.6 is 34.0 Å². The zero-order valence-electron chi connectivity index (χ0n) is 29.4. The van der Waals surface area contributed by atoms with Crippen LogP contribution < -0.4 is 22.1 Å². The van der Waals surface area contributed by atoms with Crippen molar-refractivity contribution in [1.29, 1.82) is 0 Å². The fourth-order valence-corrected chi connectivity index (χ4v) is 5.31. The number of nitrogens with one attached hydrogen (secondary N) is 3. The van der Waals surface area contributed by atoms with Crippen molar-refractivity contribution in [3.63, 3.8) is 0 Å². The number of carboxylic acid groups (broad SMARTS) is 1. The number of aromatic nitrogens is 2. The van der Waals surface area contributed by atoms with E-state index in [9.17, 15) is 68.3 Å². The second-order valence-corrected chi connectivity index (χ2v) is 12.1. The Hall–Kier alpha value is -4.21. The zero-order valence-corrected chi connectivity index (χ0v) is 34.7. The molecule has 0 saturated heterocycles. The van der Waals surface area contributed by atoms with Gasteiger partial charge in [0, 0.05) is 46.6 Å². The summed E-state index contributed by atoms with van der Waals surface area (Å²) in [6, 6.07) is 6.23. The van der Waals surface area contributed by atoms with E-state index in [1.165, 1.54) is 6.07 Å². The molecule has 0 spiro atoms. The number of aromatic carboxylic acids is 1. The molecule has 0 unspecified atom stereocenters. The molecule has 0 aliphatic heterocycles. The summed E-state index contributed by atoms with van der Waals surface area (Å²) in [6.45, 7) is 14.7. The van der Waals surface area contributed by atoms with Crippen molar-refractivity contribution >= 4 is 69.1 Å². The fraction of sp³-hybridized carbons (Fsp3) is 0.258. The number of thiophene rings is 3. The summed E-state index contributed by atoms with van der Waals surface area (Å²) in [5.41, 5.74) is 6.19. The first-order valence-corrected chi connectivity index (χ1v) is 16.5. The van der Waals surface area contributed by atoms with Crippen molar-refractivity contribution in [3.05, 3.63) is 86.8 Å². The predicted octanol–water partition coefficient (Wildman–Crippen LogP) is 7.48. The number of rotatable bonds is 6. The smallest absolute Gasteiger partial charge is 0.455 e. The van der Waals surface area contributed by atoms with Crippen LogP contribution in [0.5, 0.6) is 0 Å². The van der Waals surface area contributed by atoms with E-state index >= 15 is 0 Å². The van der Waals surface area contributed by atoms with Crippen LogP contribution in [-0.4, -0.2) is 76.0 Å². The van der Waals surface area contributed by atoms with E-state index in [1.807, 2.05) is 10.9 Å². The summed E-state index contributed by atoms with van der Waals surface area (Å²) in [4.78, 5) is 62.8. The van der Waals surface area contributed by atoms with Gasteiger partial charge in [0.1, 0.15) is 4.88 Å². The number of nitrogens with zero attached hydrogens (tertiary/aromatic N) is 2. The molecule has 0 aliphatic rings. The van der Waals surface area contributed by atoms with Crippen molar-refractivity contribution in [3.8, 4) is 10.8 Å². The molecule has 4 rings (SSSR count). The van der Waals surface area contributed by atoms with Gasteiger partial charge >= 0.3 is 24.5 Å². The van der Waals surface area contributed by atoms with Gasteiger partial charge in [-0.2, -0.15) is 46.4 Å². The quantitative estimate of drug-likeness (QED) is 0.0417. The Morgan fingerprint density at radius 2 is 1.07 bits per heavy atom. The van der Waals surface area contributed by atoms with Crippen LogP contribution in [0.1, 0.15) is 75.5 Å². The maximum absolute atomic E-state index is 12.2. The number of amides is 2. The minimum atomic E-state index is -4.98. The Balaban J connectivity index is -0.000000345. The number of halogens is 9. The van der Waals surface area contributed by atoms with Crippen LogP contribution in [0.3, 0.4) is 0 Å². The van der Waals surface area contributed by atoms with Gasteiger partial charge < -0.3 is 23.0 Å². The molecule has 2 amide bonds. The molecule has 0 aliphatic carbocycles. The predicted molar refractivity (Wildman–Crippen MR) is 191 cm³/mol. The standard InChI is InChI=1S/C9H7F3N2O3S.C9H5F3N2O2S.C7H3F3O3S.C2H5.C2H3.CH6N2.CH4.Y/c1-4(15)13-14-8(17)6-3-2-5(18-6)7(16)9(10,11)12;1-4-13-14-8(16-4)6-3-2-5(17-6)7(15)9(10,11)12;8-7(9,10)5(11)3-1-2-4(14-3)6(12)13;2*1-2;1-3-2;;/h2-3H,1H3,(H,13,15)(H,14,17);2-3H,1H3;1-2H,(H,12,13);1H2,2H3;1H,2H2;3H,2H2,1H3;1H4;/q;;;2*-1;;;. The van der Waals surface area contributed by atoms with Crippen LogP contribution in [0, 0.1) is 20.4 Å². The average molecular weight is 974 g/mol. The number of ketones is 3. The number of nitrogens with two attached hydrogens (primary N) is 1. The van der Waals surface area contributed by atoms with Gasteiger partial charge in [0.05, 0.1) is 24.4 Å². The first-order chi connectivity index (χ1) is 25.8. The van der Waals surface area contributed by atoms with Gasteiger partial charge in [0.2, 0.25) is 11.8 Å². The number of Topliss-reactive ketones (excluding diaryl/α,β-unsaturated/α-hetero) is 3. The Morgan fingerprint density at radius 3 is 1.40 bits per heavy atom. The molecule has 321 valence electrons. The summed E-state index contributed by atoms with van der Waals surface area (Å²) in [7, 11) is 1.65. The SMILES string of the molecule is C.CC(=O)NNC(=O)c1ccc(C(=O)C(F)(F)F)s1.CNN.Cc1nnc(-c2ccc(C(=O)C(F)(F)F)s2)o1.O=C(O)c1ccc(C(=O)C(F)(F)F)s1.[CH-]=C.[CH2-]C.[Y]. The molecule has 27 heteroatoms. The third-order valence-corrected chi connectivity index (χ3v) is 8.01. The Labute approximate surface area is 361 Å². The second-order valence-electron chi connectivity index (χ2n) is 8.83. The third kappa shape index (κ3) is 21.5. The molecule has 0 aromatic carbocycles. The van der Waals surface area contributed by atoms with Crippen molar-refractivity contribution in [2.75, 3.05) is 7.05 Å². The number of hydrazine groups is 2. The Bertz CT molecular complexity index is 1910. The molecule has 0 bridgehead atoms. The Morgan fingerprint density at radius 1 is 0.724 bits per heavy atom. The molecule has 6 N–H and O–H groups in total. The van der Waals surface area contributed by atoms with Gasteiger partial charge in [-0.25, -0.2) is 4.79 Å². The number of carbonyl (C=O) groups excluding carboxylic acids is 5. The molecule has 4 aromatic rings. The molecule has 0 atom stereocenters. The van der Waals surface area contributed by atoms with E-state index in [4.69, 9.17) is 9.52 Å². The van der Waals surface area contributed by atoms with Crippen LogP contribution in [-0.2, 0) is 37.5 Å². The summed E-state index contributed by atoms with van der Waals surface area (Å²) >= 11 is 1.37. The van der Waals surface area contributed by atoms with Crippen molar-refractivity contribution in [2.45, 2.75) is 46.7 Å². The largest absolute Gasteiger partial charge is 0.521 e. The first-order valence-electron chi connectivity index (χ1n) is 14.1. The third-order valence-electron chi connectivity index (χ3n) is 4.79. The normalized spacial score (nSPS) is 10.1. The molecule has 58 heavy (non-hydrogen) atoms. The summed E-state index contributed by atoms with van der Waals surface area (Å²) in [6.07, 6.45) is -14.8. The molecule has 0 fully saturated rings. The van der Waals surface area contributed by atoms with E-state index in [0.29, 0.717) is 44.8 Å².